The summed E-state index contributed by atoms with van der Waals surface area (Å²) in [5.74, 6) is 0.515. The molecule has 2 rings (SSSR count). The van der Waals surface area contributed by atoms with Crippen molar-refractivity contribution in [2.24, 2.45) is 0 Å². The van der Waals surface area contributed by atoms with Gasteiger partial charge in [-0.2, -0.15) is 11.8 Å². The molecular weight excluding hydrogens is 249 g/mol. The Bertz CT molecular complexity index is 422. The van der Waals surface area contributed by atoms with Crippen LogP contribution >= 0.6 is 11.8 Å². The summed E-state index contributed by atoms with van der Waals surface area (Å²) in [5, 5.41) is 13.5. The summed E-state index contributed by atoms with van der Waals surface area (Å²) in [6.45, 7) is 2.37. The second-order valence-electron chi connectivity index (χ2n) is 5.25. The summed E-state index contributed by atoms with van der Waals surface area (Å²) in [5.41, 5.74) is 1.56. The van der Waals surface area contributed by atoms with Crippen LogP contribution in [0.1, 0.15) is 30.5 Å². The molecule has 1 aromatic rings. The Morgan fingerprint density at radius 3 is 3.06 bits per heavy atom. The van der Waals surface area contributed by atoms with Gasteiger partial charge in [0.1, 0.15) is 5.82 Å². The van der Waals surface area contributed by atoms with Crippen molar-refractivity contribution in [3.05, 3.63) is 35.1 Å². The lowest BCUT2D eigenvalue weighted by Crippen LogP contribution is -2.41. The number of rotatable bonds is 5. The van der Waals surface area contributed by atoms with Crippen molar-refractivity contribution in [3.63, 3.8) is 0 Å². The van der Waals surface area contributed by atoms with Crippen molar-refractivity contribution in [2.75, 3.05) is 18.6 Å². The maximum atomic E-state index is 13.2. The average Bonchev–Trinajstić information content (AvgIpc) is 2.69. The van der Waals surface area contributed by atoms with Crippen LogP contribution in [-0.4, -0.2) is 29.3 Å². The van der Waals surface area contributed by atoms with E-state index < -0.39 is 5.60 Å². The molecule has 1 aromatic carbocycles. The molecule has 4 heteroatoms. The van der Waals surface area contributed by atoms with Crippen molar-refractivity contribution in [1.29, 1.82) is 0 Å². The largest absolute Gasteiger partial charge is 0.388 e. The van der Waals surface area contributed by atoms with Gasteiger partial charge >= 0.3 is 0 Å². The number of thioether (sulfide) groups is 1. The van der Waals surface area contributed by atoms with E-state index in [9.17, 15) is 9.50 Å². The highest BCUT2D eigenvalue weighted by Gasteiger charge is 2.26. The quantitative estimate of drug-likeness (QED) is 0.861. The third-order valence-corrected chi connectivity index (χ3v) is 4.28. The van der Waals surface area contributed by atoms with E-state index in [-0.39, 0.29) is 11.9 Å². The molecule has 0 saturated carbocycles. The molecule has 0 bridgehead atoms. The predicted octanol–water partition coefficient (Wildman–Crippen LogP) is 2.52. The molecule has 2 nitrogen and oxygen atoms in total. The summed E-state index contributed by atoms with van der Waals surface area (Å²) in [6.07, 6.45) is 3.95. The Balaban J connectivity index is 1.99. The number of halogens is 1. The molecule has 0 spiro atoms. The Kier molecular flexibility index (Phi) is 4.30. The number of benzene rings is 1. The van der Waals surface area contributed by atoms with Gasteiger partial charge in [-0.05, 0) is 49.3 Å². The van der Waals surface area contributed by atoms with E-state index in [4.69, 9.17) is 0 Å². The van der Waals surface area contributed by atoms with E-state index in [2.05, 4.69) is 5.32 Å². The van der Waals surface area contributed by atoms with Gasteiger partial charge in [0, 0.05) is 18.3 Å². The summed E-state index contributed by atoms with van der Waals surface area (Å²) in [6, 6.07) is 5.17. The Labute approximate surface area is 112 Å². The van der Waals surface area contributed by atoms with Gasteiger partial charge in [0.25, 0.3) is 0 Å². The molecule has 1 aliphatic rings. The average molecular weight is 269 g/mol. The SMILES string of the molecule is CSC[C@@](C)(O)CN[C@H]1CCc2ccc(F)cc21. The molecule has 0 radical (unpaired) electrons. The standard InChI is InChI=1S/C14H20FNOS/c1-14(17,9-18-2)8-16-13-6-4-10-3-5-11(15)7-12(10)13/h3,5,7,13,16-17H,4,6,8-9H2,1-2H3/t13-,14-/m0/s1. The van der Waals surface area contributed by atoms with E-state index in [1.165, 1.54) is 11.6 Å². The summed E-state index contributed by atoms with van der Waals surface area (Å²) < 4.78 is 13.2. The van der Waals surface area contributed by atoms with Gasteiger partial charge in [-0.1, -0.05) is 6.07 Å². The summed E-state index contributed by atoms with van der Waals surface area (Å²) in [7, 11) is 0. The summed E-state index contributed by atoms with van der Waals surface area (Å²) >= 11 is 1.63. The molecule has 2 atom stereocenters. The Hall–Kier alpha value is -0.580. The predicted molar refractivity (Wildman–Crippen MR) is 74.5 cm³/mol. The number of nitrogens with one attached hydrogen (secondary N) is 1. The van der Waals surface area contributed by atoms with E-state index in [1.54, 1.807) is 17.8 Å². The zero-order valence-corrected chi connectivity index (χ0v) is 11.7. The van der Waals surface area contributed by atoms with Gasteiger partial charge in [0.15, 0.2) is 0 Å². The summed E-state index contributed by atoms with van der Waals surface area (Å²) in [4.78, 5) is 0. The second-order valence-corrected chi connectivity index (χ2v) is 6.11. The van der Waals surface area contributed by atoms with Crippen LogP contribution in [0.5, 0.6) is 0 Å². The number of hydrogen-bond acceptors (Lipinski definition) is 3. The van der Waals surface area contributed by atoms with Gasteiger partial charge in [-0.3, -0.25) is 0 Å². The van der Waals surface area contributed by atoms with Crippen molar-refractivity contribution < 1.29 is 9.50 Å². The van der Waals surface area contributed by atoms with Crippen molar-refractivity contribution in [2.45, 2.75) is 31.4 Å². The molecular formula is C14H20FNOS. The van der Waals surface area contributed by atoms with E-state index in [1.807, 2.05) is 19.2 Å². The van der Waals surface area contributed by atoms with Crippen LogP contribution in [0.15, 0.2) is 18.2 Å². The smallest absolute Gasteiger partial charge is 0.123 e. The zero-order chi connectivity index (χ0) is 13.2. The molecule has 2 N–H and O–H groups in total. The minimum absolute atomic E-state index is 0.170. The number of aryl methyl sites for hydroxylation is 1. The highest BCUT2D eigenvalue weighted by molar-refractivity contribution is 7.98. The first kappa shape index (κ1) is 13.8. The maximum absolute atomic E-state index is 13.2. The first-order valence-electron chi connectivity index (χ1n) is 6.25. The van der Waals surface area contributed by atoms with Gasteiger partial charge in [-0.25, -0.2) is 4.39 Å². The molecule has 0 fully saturated rings. The second kappa shape index (κ2) is 5.59. The van der Waals surface area contributed by atoms with E-state index in [0.717, 1.165) is 18.4 Å². The molecule has 18 heavy (non-hydrogen) atoms. The molecule has 0 heterocycles. The number of hydrogen-bond donors (Lipinski definition) is 2. The molecule has 0 aliphatic heterocycles. The van der Waals surface area contributed by atoms with Crippen LogP contribution < -0.4 is 5.32 Å². The first-order valence-corrected chi connectivity index (χ1v) is 7.64. The maximum Gasteiger partial charge on any atom is 0.123 e. The van der Waals surface area contributed by atoms with Gasteiger partial charge in [0.2, 0.25) is 0 Å². The normalized spacial score (nSPS) is 21.7. The molecule has 0 aromatic heterocycles. The fourth-order valence-corrected chi connectivity index (χ4v) is 3.21. The van der Waals surface area contributed by atoms with Crippen LogP contribution in [0, 0.1) is 5.82 Å². The van der Waals surface area contributed by atoms with Crippen LogP contribution in [-0.2, 0) is 6.42 Å². The number of aliphatic hydroxyl groups is 1. The Morgan fingerprint density at radius 1 is 1.56 bits per heavy atom. The minimum atomic E-state index is -0.713. The highest BCUT2D eigenvalue weighted by Crippen LogP contribution is 2.31. The molecule has 100 valence electrons. The fourth-order valence-electron chi connectivity index (χ4n) is 2.49. The highest BCUT2D eigenvalue weighted by atomic mass is 32.2. The van der Waals surface area contributed by atoms with Gasteiger partial charge in [-0.15, -0.1) is 0 Å². The van der Waals surface area contributed by atoms with Crippen molar-refractivity contribution in [1.82, 2.24) is 5.32 Å². The fraction of sp³-hybridized carbons (Fsp3) is 0.571. The van der Waals surface area contributed by atoms with Crippen LogP contribution in [0.3, 0.4) is 0 Å². The van der Waals surface area contributed by atoms with Gasteiger partial charge < -0.3 is 10.4 Å². The Morgan fingerprint density at radius 2 is 2.33 bits per heavy atom. The van der Waals surface area contributed by atoms with E-state index >= 15 is 0 Å². The van der Waals surface area contributed by atoms with E-state index in [0.29, 0.717) is 12.3 Å². The lowest BCUT2D eigenvalue weighted by molar-refractivity contribution is 0.0814. The monoisotopic (exact) mass is 269 g/mol. The molecule has 0 unspecified atom stereocenters. The zero-order valence-electron chi connectivity index (χ0n) is 10.9. The molecule has 1 aliphatic carbocycles. The van der Waals surface area contributed by atoms with Crippen LogP contribution in [0.2, 0.25) is 0 Å². The molecule has 0 saturated heterocycles. The third-order valence-electron chi connectivity index (χ3n) is 3.37. The van der Waals surface area contributed by atoms with Crippen molar-refractivity contribution in [3.8, 4) is 0 Å². The van der Waals surface area contributed by atoms with Crippen LogP contribution in [0.4, 0.5) is 4.39 Å². The number of fused-ring (bicyclic) bond motifs is 1. The lowest BCUT2D eigenvalue weighted by atomic mass is 10.1. The topological polar surface area (TPSA) is 32.3 Å². The lowest BCUT2D eigenvalue weighted by Gasteiger charge is -2.25. The third kappa shape index (κ3) is 3.25. The van der Waals surface area contributed by atoms with Gasteiger partial charge in [0.05, 0.1) is 5.60 Å². The first-order chi connectivity index (χ1) is 8.52. The van der Waals surface area contributed by atoms with Crippen molar-refractivity contribution >= 4 is 11.8 Å². The molecule has 0 amide bonds. The van der Waals surface area contributed by atoms with Crippen LogP contribution in [0.25, 0.3) is 0 Å². The minimum Gasteiger partial charge on any atom is -0.388 e.